The van der Waals surface area contributed by atoms with Crippen molar-refractivity contribution in [3.8, 4) is 28.6 Å². The summed E-state index contributed by atoms with van der Waals surface area (Å²) in [5.74, 6) is -0.259. The maximum absolute atomic E-state index is 12.6. The van der Waals surface area contributed by atoms with E-state index in [2.05, 4.69) is 20.3 Å². The van der Waals surface area contributed by atoms with E-state index in [0.29, 0.717) is 30.0 Å². The summed E-state index contributed by atoms with van der Waals surface area (Å²) in [4.78, 5) is 24.8. The third-order valence-electron chi connectivity index (χ3n) is 6.00. The molecule has 9 nitrogen and oxygen atoms in total. The predicted octanol–water partition coefficient (Wildman–Crippen LogP) is 3.86. The Morgan fingerprint density at radius 1 is 1.14 bits per heavy atom. The summed E-state index contributed by atoms with van der Waals surface area (Å²) < 4.78 is 26.1. The van der Waals surface area contributed by atoms with Crippen LogP contribution in [0.4, 0.5) is 5.69 Å². The molecule has 182 valence electrons. The molecule has 5 rings (SSSR count). The van der Waals surface area contributed by atoms with Crippen LogP contribution >= 0.6 is 0 Å². The van der Waals surface area contributed by atoms with Crippen LogP contribution in [0.5, 0.6) is 0 Å². The maximum Gasteiger partial charge on any atom is 0.271 e. The second-order valence-electron chi connectivity index (χ2n) is 9.24. The lowest BCUT2D eigenvalue weighted by molar-refractivity contribution is 0.0924. The summed E-state index contributed by atoms with van der Waals surface area (Å²) in [5.41, 5.74) is 3.51. The Balaban J connectivity index is 1.45. The van der Waals surface area contributed by atoms with Gasteiger partial charge in [-0.3, -0.25) is 9.10 Å². The van der Waals surface area contributed by atoms with Gasteiger partial charge in [0.05, 0.1) is 23.2 Å². The number of nitriles is 1. The van der Waals surface area contributed by atoms with Crippen LogP contribution in [0.15, 0.2) is 60.8 Å². The molecule has 2 N–H and O–H groups in total. The van der Waals surface area contributed by atoms with Crippen molar-refractivity contribution >= 4 is 32.7 Å². The van der Waals surface area contributed by atoms with Gasteiger partial charge in [-0.25, -0.2) is 18.4 Å². The number of anilines is 1. The highest BCUT2D eigenvalue weighted by Gasteiger charge is 2.28. The predicted molar refractivity (Wildman–Crippen MR) is 138 cm³/mol. The van der Waals surface area contributed by atoms with Gasteiger partial charge in [0.2, 0.25) is 10.0 Å². The summed E-state index contributed by atoms with van der Waals surface area (Å²) in [6.07, 6.45) is 2.30. The minimum atomic E-state index is -3.26. The molecule has 1 fully saturated rings. The van der Waals surface area contributed by atoms with E-state index in [0.717, 1.165) is 22.2 Å². The van der Waals surface area contributed by atoms with Gasteiger partial charge in [-0.05, 0) is 56.7 Å². The van der Waals surface area contributed by atoms with Crippen LogP contribution in [0, 0.1) is 11.3 Å². The van der Waals surface area contributed by atoms with Gasteiger partial charge < -0.3 is 10.3 Å². The topological polar surface area (TPSA) is 132 Å². The zero-order chi connectivity index (χ0) is 25.5. The van der Waals surface area contributed by atoms with Crippen molar-refractivity contribution in [3.05, 3.63) is 66.5 Å². The molecule has 1 aliphatic heterocycles. The van der Waals surface area contributed by atoms with Crippen molar-refractivity contribution in [1.82, 2.24) is 20.3 Å². The Hall–Kier alpha value is -4.23. The Morgan fingerprint density at radius 2 is 1.94 bits per heavy atom. The van der Waals surface area contributed by atoms with Crippen LogP contribution < -0.4 is 9.62 Å². The first kappa shape index (κ1) is 23.5. The molecular weight excluding hydrogens is 476 g/mol. The van der Waals surface area contributed by atoms with E-state index in [9.17, 15) is 18.5 Å². The molecule has 10 heteroatoms. The van der Waals surface area contributed by atoms with Gasteiger partial charge in [0.15, 0.2) is 0 Å². The molecule has 1 saturated heterocycles. The van der Waals surface area contributed by atoms with Crippen LogP contribution in [0.3, 0.4) is 0 Å². The van der Waals surface area contributed by atoms with Gasteiger partial charge in [0, 0.05) is 34.9 Å². The van der Waals surface area contributed by atoms with Crippen molar-refractivity contribution in [2.45, 2.75) is 25.8 Å². The zero-order valence-corrected chi connectivity index (χ0v) is 20.6. The Bertz CT molecular complexity index is 1630. The lowest BCUT2D eigenvalue weighted by Gasteiger charge is -2.17. The third-order valence-corrected chi connectivity index (χ3v) is 7.87. The molecule has 4 aromatic rings. The lowest BCUT2D eigenvalue weighted by atomic mass is 10.1. The summed E-state index contributed by atoms with van der Waals surface area (Å²) >= 11 is 0. The van der Waals surface area contributed by atoms with Crippen molar-refractivity contribution in [2.75, 3.05) is 16.6 Å². The molecule has 1 aliphatic rings. The lowest BCUT2D eigenvalue weighted by Crippen LogP contribution is -2.42. The van der Waals surface area contributed by atoms with E-state index < -0.39 is 21.5 Å². The maximum atomic E-state index is 12.6. The van der Waals surface area contributed by atoms with Crippen LogP contribution in [0.1, 0.15) is 30.8 Å². The number of sulfonamides is 1. The van der Waals surface area contributed by atoms with Gasteiger partial charge in [0.25, 0.3) is 5.91 Å². The SMILES string of the molecule is CC(C)(C#N)NC(=O)c1cccc(-c2cnc3[nH]c(-c4cccc(N5CCCS5(=O)=O)c4)cc3c2)n1. The first-order chi connectivity index (χ1) is 17.1. The first-order valence-corrected chi connectivity index (χ1v) is 13.1. The molecule has 0 spiro atoms. The molecule has 0 bridgehead atoms. The molecule has 1 amide bonds. The minimum absolute atomic E-state index is 0.170. The van der Waals surface area contributed by atoms with E-state index in [1.165, 1.54) is 4.31 Å². The van der Waals surface area contributed by atoms with E-state index >= 15 is 0 Å². The number of amides is 1. The summed E-state index contributed by atoms with van der Waals surface area (Å²) in [6, 6.07) is 18.5. The number of nitrogens with zero attached hydrogens (tertiary/aromatic N) is 4. The number of aromatic amines is 1. The highest BCUT2D eigenvalue weighted by molar-refractivity contribution is 7.93. The normalized spacial score (nSPS) is 15.1. The van der Waals surface area contributed by atoms with Crippen LogP contribution in [-0.2, 0) is 10.0 Å². The number of benzene rings is 1. The van der Waals surface area contributed by atoms with Crippen molar-refractivity contribution in [1.29, 1.82) is 5.26 Å². The van der Waals surface area contributed by atoms with E-state index in [-0.39, 0.29) is 11.4 Å². The average molecular weight is 501 g/mol. The number of fused-ring (bicyclic) bond motifs is 1. The minimum Gasteiger partial charge on any atom is -0.339 e. The number of rotatable bonds is 5. The monoisotopic (exact) mass is 500 g/mol. The van der Waals surface area contributed by atoms with Gasteiger partial charge >= 0.3 is 0 Å². The quantitative estimate of drug-likeness (QED) is 0.428. The van der Waals surface area contributed by atoms with Gasteiger partial charge in [-0.2, -0.15) is 5.26 Å². The molecular formula is C26H24N6O3S. The molecule has 0 aliphatic carbocycles. The summed E-state index contributed by atoms with van der Waals surface area (Å²) in [6.45, 7) is 3.73. The summed E-state index contributed by atoms with van der Waals surface area (Å²) in [5, 5.41) is 12.7. The van der Waals surface area contributed by atoms with Crippen molar-refractivity contribution in [2.24, 2.45) is 0 Å². The second-order valence-corrected chi connectivity index (χ2v) is 11.2. The van der Waals surface area contributed by atoms with E-state index in [4.69, 9.17) is 0 Å². The smallest absolute Gasteiger partial charge is 0.271 e. The van der Waals surface area contributed by atoms with Crippen LogP contribution in [0.25, 0.3) is 33.5 Å². The Morgan fingerprint density at radius 3 is 2.69 bits per heavy atom. The van der Waals surface area contributed by atoms with Crippen LogP contribution in [0.2, 0.25) is 0 Å². The average Bonchev–Trinajstić information content (AvgIpc) is 3.46. The van der Waals surface area contributed by atoms with Gasteiger partial charge in [0.1, 0.15) is 16.9 Å². The zero-order valence-electron chi connectivity index (χ0n) is 19.8. The number of hydrogen-bond donors (Lipinski definition) is 2. The van der Waals surface area contributed by atoms with Crippen molar-refractivity contribution < 1.29 is 13.2 Å². The highest BCUT2D eigenvalue weighted by Crippen LogP contribution is 2.31. The Labute approximate surface area is 208 Å². The highest BCUT2D eigenvalue weighted by atomic mass is 32.2. The number of aromatic nitrogens is 3. The van der Waals surface area contributed by atoms with Gasteiger partial charge in [-0.1, -0.05) is 18.2 Å². The number of carbonyl (C=O) groups excluding carboxylic acids is 1. The van der Waals surface area contributed by atoms with E-state index in [1.807, 2.05) is 36.4 Å². The van der Waals surface area contributed by atoms with Gasteiger partial charge in [-0.15, -0.1) is 0 Å². The van der Waals surface area contributed by atoms with E-state index in [1.54, 1.807) is 44.3 Å². The fraction of sp³-hybridized carbons (Fsp3) is 0.231. The molecule has 0 unspecified atom stereocenters. The van der Waals surface area contributed by atoms with Crippen molar-refractivity contribution in [3.63, 3.8) is 0 Å². The molecule has 0 saturated carbocycles. The molecule has 3 aromatic heterocycles. The number of carbonyl (C=O) groups is 1. The molecule has 36 heavy (non-hydrogen) atoms. The number of pyridine rings is 2. The molecule has 4 heterocycles. The second kappa shape index (κ2) is 8.77. The fourth-order valence-corrected chi connectivity index (χ4v) is 5.72. The van der Waals surface area contributed by atoms with Crippen LogP contribution in [-0.4, -0.2) is 47.1 Å². The molecule has 1 aromatic carbocycles. The standard InChI is InChI=1S/C26H24N6O3S/c1-26(2,16-27)31-25(33)22-9-4-8-21(29-22)19-12-18-14-23(30-24(18)28-15-19)17-6-3-7-20(13-17)32-10-5-11-36(32,34)35/h3-4,6-9,12-15H,5,10-11H2,1-2H3,(H,28,30)(H,31,33). The first-order valence-electron chi connectivity index (χ1n) is 11.5. The Kier molecular flexibility index (Phi) is 5.73. The summed E-state index contributed by atoms with van der Waals surface area (Å²) in [7, 11) is -3.26. The molecule has 0 atom stereocenters. The fourth-order valence-electron chi connectivity index (χ4n) is 4.17. The third kappa shape index (κ3) is 4.53. The number of H-pyrrole nitrogens is 1. The largest absolute Gasteiger partial charge is 0.339 e. The molecule has 0 radical (unpaired) electrons. The number of nitrogens with one attached hydrogen (secondary N) is 2. The number of hydrogen-bond acceptors (Lipinski definition) is 6.